The van der Waals surface area contributed by atoms with E-state index in [-0.39, 0.29) is 24.1 Å². The highest BCUT2D eigenvalue weighted by Crippen LogP contribution is 2.32. The molecule has 1 aliphatic carbocycles. The molecule has 0 bridgehead atoms. The van der Waals surface area contributed by atoms with Crippen LogP contribution in [0.1, 0.15) is 25.7 Å². The number of carbonyl (C=O) groups excluding carboxylic acids is 1. The van der Waals surface area contributed by atoms with Gasteiger partial charge in [-0.3, -0.25) is 4.79 Å². The van der Waals surface area contributed by atoms with Gasteiger partial charge in [0.1, 0.15) is 6.61 Å². The highest BCUT2D eigenvalue weighted by atomic mass is 19.4. The third-order valence-corrected chi connectivity index (χ3v) is 3.26. The van der Waals surface area contributed by atoms with E-state index >= 15 is 0 Å². The van der Waals surface area contributed by atoms with Crippen LogP contribution in [0, 0.1) is 5.92 Å². The van der Waals surface area contributed by atoms with Gasteiger partial charge in [0.15, 0.2) is 17.3 Å². The molecule has 3 nitrogen and oxygen atoms in total. The Balaban J connectivity index is 1.96. The molecule has 1 fully saturated rings. The van der Waals surface area contributed by atoms with Crippen LogP contribution in [0.2, 0.25) is 0 Å². The van der Waals surface area contributed by atoms with Crippen LogP contribution in [0.25, 0.3) is 0 Å². The van der Waals surface area contributed by atoms with Crippen molar-refractivity contribution in [1.82, 2.24) is 0 Å². The number of Topliss-reactive ketones (excluding diaryl/α,β-unsaturated/α-hetero) is 1. The summed E-state index contributed by atoms with van der Waals surface area (Å²) >= 11 is 0. The predicted molar refractivity (Wildman–Crippen MR) is 65.6 cm³/mol. The Morgan fingerprint density at radius 2 is 1.75 bits per heavy atom. The van der Waals surface area contributed by atoms with Crippen molar-refractivity contribution in [2.45, 2.75) is 32.0 Å². The second kappa shape index (κ2) is 6.15. The second-order valence-corrected chi connectivity index (χ2v) is 4.73. The minimum Gasteiger partial charge on any atom is -0.482 e. The van der Waals surface area contributed by atoms with Crippen LogP contribution >= 0.6 is 0 Å². The first kappa shape index (κ1) is 14.7. The van der Waals surface area contributed by atoms with Gasteiger partial charge in [-0.25, -0.2) is 0 Å². The van der Waals surface area contributed by atoms with Gasteiger partial charge in [-0.15, -0.1) is 13.2 Å². The van der Waals surface area contributed by atoms with Gasteiger partial charge in [0.05, 0.1) is 0 Å². The number of para-hydroxylation sites is 2. The van der Waals surface area contributed by atoms with Gasteiger partial charge in [0.2, 0.25) is 0 Å². The van der Waals surface area contributed by atoms with Crippen LogP contribution in [-0.4, -0.2) is 18.8 Å². The third-order valence-electron chi connectivity index (χ3n) is 3.26. The summed E-state index contributed by atoms with van der Waals surface area (Å²) in [5.41, 5.74) is 0. The van der Waals surface area contributed by atoms with Crippen LogP contribution in [0.15, 0.2) is 24.3 Å². The molecule has 2 rings (SSSR count). The Morgan fingerprint density at radius 3 is 2.35 bits per heavy atom. The fourth-order valence-electron chi connectivity index (χ4n) is 2.29. The Kier molecular flexibility index (Phi) is 4.52. The molecule has 20 heavy (non-hydrogen) atoms. The molecule has 0 radical (unpaired) electrons. The summed E-state index contributed by atoms with van der Waals surface area (Å²) in [6.45, 7) is -0.219. The smallest absolute Gasteiger partial charge is 0.482 e. The van der Waals surface area contributed by atoms with Gasteiger partial charge >= 0.3 is 6.36 Å². The molecule has 0 atom stereocenters. The Bertz CT molecular complexity index is 465. The number of hydrogen-bond donors (Lipinski definition) is 0. The molecule has 0 aromatic heterocycles. The SMILES string of the molecule is O=C(COc1ccccc1OC(F)(F)F)C1CCCC1. The molecule has 1 aromatic carbocycles. The van der Waals surface area contributed by atoms with E-state index in [4.69, 9.17) is 4.74 Å². The number of ether oxygens (including phenoxy) is 2. The lowest BCUT2D eigenvalue weighted by Crippen LogP contribution is -2.21. The van der Waals surface area contributed by atoms with Gasteiger partial charge in [-0.05, 0) is 25.0 Å². The van der Waals surface area contributed by atoms with Crippen LogP contribution in [-0.2, 0) is 4.79 Å². The van der Waals surface area contributed by atoms with E-state index in [0.717, 1.165) is 31.7 Å². The number of ketones is 1. The van der Waals surface area contributed by atoms with E-state index in [0.29, 0.717) is 0 Å². The van der Waals surface area contributed by atoms with Crippen molar-refractivity contribution in [2.24, 2.45) is 5.92 Å². The van der Waals surface area contributed by atoms with Crippen molar-refractivity contribution in [1.29, 1.82) is 0 Å². The lowest BCUT2D eigenvalue weighted by Gasteiger charge is -2.14. The zero-order valence-corrected chi connectivity index (χ0v) is 10.8. The monoisotopic (exact) mass is 288 g/mol. The first-order chi connectivity index (χ1) is 9.46. The number of rotatable bonds is 5. The maximum atomic E-state index is 12.2. The lowest BCUT2D eigenvalue weighted by molar-refractivity contribution is -0.275. The normalized spacial score (nSPS) is 16.1. The minimum atomic E-state index is -4.78. The molecule has 0 spiro atoms. The molecular weight excluding hydrogens is 273 g/mol. The fourth-order valence-corrected chi connectivity index (χ4v) is 2.29. The molecule has 110 valence electrons. The Labute approximate surface area is 114 Å². The topological polar surface area (TPSA) is 35.5 Å². The van der Waals surface area contributed by atoms with Crippen molar-refractivity contribution >= 4 is 5.78 Å². The van der Waals surface area contributed by atoms with Crippen LogP contribution < -0.4 is 9.47 Å². The largest absolute Gasteiger partial charge is 0.573 e. The van der Waals surface area contributed by atoms with E-state index in [9.17, 15) is 18.0 Å². The van der Waals surface area contributed by atoms with Crippen LogP contribution in [0.4, 0.5) is 13.2 Å². The van der Waals surface area contributed by atoms with Gasteiger partial charge in [0, 0.05) is 5.92 Å². The number of carbonyl (C=O) groups is 1. The number of benzene rings is 1. The van der Waals surface area contributed by atoms with E-state index in [1.54, 1.807) is 0 Å². The molecule has 1 saturated carbocycles. The Hall–Kier alpha value is -1.72. The van der Waals surface area contributed by atoms with Gasteiger partial charge in [-0.2, -0.15) is 0 Å². The quantitative estimate of drug-likeness (QED) is 0.828. The number of hydrogen-bond acceptors (Lipinski definition) is 3. The summed E-state index contributed by atoms with van der Waals surface area (Å²) in [7, 11) is 0. The van der Waals surface area contributed by atoms with Crippen LogP contribution in [0.5, 0.6) is 11.5 Å². The summed E-state index contributed by atoms with van der Waals surface area (Å²) in [6, 6.07) is 5.44. The van der Waals surface area contributed by atoms with Crippen molar-refractivity contribution in [3.63, 3.8) is 0 Å². The summed E-state index contributed by atoms with van der Waals surface area (Å²) < 4.78 is 45.7. The van der Waals surface area contributed by atoms with E-state index in [1.807, 2.05) is 0 Å². The Morgan fingerprint density at radius 1 is 1.15 bits per heavy atom. The van der Waals surface area contributed by atoms with Crippen molar-refractivity contribution in [2.75, 3.05) is 6.61 Å². The van der Waals surface area contributed by atoms with E-state index in [2.05, 4.69) is 4.74 Å². The maximum Gasteiger partial charge on any atom is 0.573 e. The molecule has 0 aliphatic heterocycles. The van der Waals surface area contributed by atoms with Crippen molar-refractivity contribution in [3.05, 3.63) is 24.3 Å². The summed E-state index contributed by atoms with van der Waals surface area (Å²) in [6.07, 6.45) is -1.07. The molecular formula is C14H15F3O3. The van der Waals surface area contributed by atoms with Gasteiger partial charge in [0.25, 0.3) is 0 Å². The third kappa shape index (κ3) is 4.15. The first-order valence-corrected chi connectivity index (χ1v) is 6.46. The molecule has 0 unspecified atom stereocenters. The van der Waals surface area contributed by atoms with Crippen LogP contribution in [0.3, 0.4) is 0 Å². The maximum absolute atomic E-state index is 12.2. The van der Waals surface area contributed by atoms with Gasteiger partial charge < -0.3 is 9.47 Å². The summed E-state index contributed by atoms with van der Waals surface area (Å²) in [4.78, 5) is 11.8. The lowest BCUT2D eigenvalue weighted by atomic mass is 10.0. The average molecular weight is 288 g/mol. The summed E-state index contributed by atoms with van der Waals surface area (Å²) in [5, 5.41) is 0. The van der Waals surface area contributed by atoms with Gasteiger partial charge in [-0.1, -0.05) is 25.0 Å². The van der Waals surface area contributed by atoms with Crippen molar-refractivity contribution < 1.29 is 27.4 Å². The van der Waals surface area contributed by atoms with E-state index in [1.165, 1.54) is 18.2 Å². The molecule has 0 heterocycles. The van der Waals surface area contributed by atoms with Crippen molar-refractivity contribution in [3.8, 4) is 11.5 Å². The highest BCUT2D eigenvalue weighted by Gasteiger charge is 2.32. The van der Waals surface area contributed by atoms with E-state index < -0.39 is 12.1 Å². The molecule has 0 amide bonds. The zero-order chi connectivity index (χ0) is 14.6. The highest BCUT2D eigenvalue weighted by molar-refractivity contribution is 5.82. The summed E-state index contributed by atoms with van der Waals surface area (Å²) in [5.74, 6) is -0.592. The standard InChI is InChI=1S/C14H15F3O3/c15-14(16,17)20-13-8-4-3-7-12(13)19-9-11(18)10-5-1-2-6-10/h3-4,7-8,10H,1-2,5-6,9H2. The predicted octanol–water partition coefficient (Wildman–Crippen LogP) is 3.72. The zero-order valence-electron chi connectivity index (χ0n) is 10.8. The second-order valence-electron chi connectivity index (χ2n) is 4.73. The fraction of sp³-hybridized carbons (Fsp3) is 0.500. The molecule has 6 heteroatoms. The minimum absolute atomic E-state index is 0.0225. The molecule has 1 aliphatic rings. The first-order valence-electron chi connectivity index (χ1n) is 6.46. The number of alkyl halides is 3. The average Bonchev–Trinajstić information content (AvgIpc) is 2.89. The molecule has 1 aromatic rings. The number of halogens is 3. The molecule has 0 N–H and O–H groups in total. The molecule has 0 saturated heterocycles.